The van der Waals surface area contributed by atoms with Gasteiger partial charge in [-0.2, -0.15) is 0 Å². The van der Waals surface area contributed by atoms with E-state index in [1.54, 1.807) is 0 Å². The SMILES string of the molecule is NCCCC[C@H](NC(=O)[C@H](Cc1ccc(O)cc1)NC(=O)[C@H](Cc1ccc(O)cc1)NC(=O)[C@H](CCC(=O)O)NC(=O)[C@H](CCCCN)NC(=O)[C@H](Cc1ccc(O)cc1)NC(=O)[C@H](Cc1ccc(O)cc1)NC(=O)[C@H](CCC(=O)O)NC(=O)[C@H](CCCCN)NC(=O)[C@H](Cc1ccc(O)cc1)NC(=O)[C@H](Cc1ccc(O)cc1)NC(=O)[C@@H](N)CCC(=O)O)C(=O)O. The quantitative estimate of drug-likeness (QED) is 0.0212. The lowest BCUT2D eigenvalue weighted by molar-refractivity contribution is -0.142. The molecule has 0 bridgehead atoms. The summed E-state index contributed by atoms with van der Waals surface area (Å²) < 4.78 is 0. The zero-order valence-electron chi connectivity index (χ0n) is 69.7. The highest BCUT2D eigenvalue weighted by Crippen LogP contribution is 2.21. The fourth-order valence-electron chi connectivity index (χ4n) is 13.2. The molecular formula is C87H113N15O25. The molecule has 6 aromatic carbocycles. The van der Waals surface area contributed by atoms with E-state index >= 15 is 14.4 Å². The standard InChI is InChI=1S/C87H113N15O25/c88-40-4-1-7-62(92-81(120)68(44-50-12-24-56(104)25-13-50)100-84(123)67(43-49-10-22-55(103)23-11-49)97-76(115)61(91)34-37-73(109)110)77(116)94-64(35-38-74(111)112)79(118)98-71(47-53-18-30-59(107)31-19-53)85(124)101-69(45-51-14-26-57(105)27-15-51)82(121)93-63(8-2-5-41-89)78(117)95-65(36-39-75(113)114)80(119)99-72(48-54-20-32-60(108)33-21-54)86(125)102-70(46-52-16-28-58(106)29-17-52)83(122)96-66(87(126)127)9-3-6-42-90/h10-33,61-72,103-108H,1-9,34-48,88-91H2,(H,92,120)(H,93,121)(H,94,116)(H,95,117)(H,96,122)(H,97,115)(H,98,118)(H,99,119)(H,100,123)(H,101,124)(H,102,125)(H,109,110)(H,111,112)(H,113,114)(H,126,127)/t61-,62-,63-,64-,65-,66-,67-,68-,69-,70-,71-,72-/m0/s1. The third-order valence-corrected chi connectivity index (χ3v) is 20.3. The molecule has 0 aliphatic rings. The van der Waals surface area contributed by atoms with Crippen molar-refractivity contribution in [2.75, 3.05) is 19.6 Å². The first-order valence-electron chi connectivity index (χ1n) is 41.3. The van der Waals surface area contributed by atoms with E-state index in [0.717, 1.165) is 0 Å². The lowest BCUT2D eigenvalue weighted by Crippen LogP contribution is -2.61. The Balaban J connectivity index is 1.33. The van der Waals surface area contributed by atoms with Crippen molar-refractivity contribution in [3.05, 3.63) is 179 Å². The Morgan fingerprint density at radius 1 is 0.220 bits per heavy atom. The molecule has 0 saturated carbocycles. The van der Waals surface area contributed by atoms with E-state index in [1.165, 1.54) is 146 Å². The Morgan fingerprint density at radius 3 is 0.583 bits per heavy atom. The fourth-order valence-corrected chi connectivity index (χ4v) is 13.2. The number of phenolic OH excluding ortho intramolecular Hbond substituents is 6. The number of benzene rings is 6. The molecule has 40 heteroatoms. The van der Waals surface area contributed by atoms with E-state index in [9.17, 15) is 109 Å². The van der Waals surface area contributed by atoms with Gasteiger partial charge in [-0.1, -0.05) is 72.8 Å². The number of carboxylic acid groups (broad SMARTS) is 4. The highest BCUT2D eigenvalue weighted by Gasteiger charge is 2.38. The highest BCUT2D eigenvalue weighted by molar-refractivity contribution is 6.00. The second-order valence-electron chi connectivity index (χ2n) is 30.5. The number of nitrogens with two attached hydrogens (primary N) is 4. The Labute approximate surface area is 730 Å². The van der Waals surface area contributed by atoms with Crippen LogP contribution in [0.1, 0.15) is 130 Å². The number of phenols is 6. The van der Waals surface area contributed by atoms with Crippen LogP contribution in [0.5, 0.6) is 34.5 Å². The van der Waals surface area contributed by atoms with Gasteiger partial charge in [-0.3, -0.25) is 67.1 Å². The number of hydrogen-bond donors (Lipinski definition) is 25. The average molecular weight is 1770 g/mol. The molecule has 40 nitrogen and oxygen atoms in total. The summed E-state index contributed by atoms with van der Waals surface area (Å²) in [4.78, 5) is 211. The fraction of sp³-hybridized carbons (Fsp3) is 0.414. The number of unbranched alkanes of at least 4 members (excludes halogenated alkanes) is 3. The summed E-state index contributed by atoms with van der Waals surface area (Å²) in [5.41, 5.74) is 25.4. The van der Waals surface area contributed by atoms with Crippen molar-refractivity contribution in [2.24, 2.45) is 22.9 Å². The molecule has 0 aromatic heterocycles. The maximum absolute atomic E-state index is 15.3. The van der Waals surface area contributed by atoms with Crippen LogP contribution < -0.4 is 81.4 Å². The van der Waals surface area contributed by atoms with Crippen molar-refractivity contribution >= 4 is 88.9 Å². The lowest BCUT2D eigenvalue weighted by Gasteiger charge is -2.29. The Morgan fingerprint density at radius 2 is 0.386 bits per heavy atom. The maximum atomic E-state index is 15.3. The first kappa shape index (κ1) is 102. The number of nitrogens with one attached hydrogen (secondary N) is 11. The van der Waals surface area contributed by atoms with Gasteiger partial charge < -0.3 is 132 Å². The normalized spacial score (nSPS) is 13.9. The van der Waals surface area contributed by atoms with Crippen LogP contribution in [0.15, 0.2) is 146 Å². The monoisotopic (exact) mass is 1770 g/mol. The summed E-state index contributed by atoms with van der Waals surface area (Å²) in [5, 5.41) is 129. The highest BCUT2D eigenvalue weighted by atomic mass is 16.4. The van der Waals surface area contributed by atoms with E-state index in [1.807, 2.05) is 0 Å². The number of carbonyl (C=O) groups excluding carboxylic acids is 11. The molecule has 6 rings (SSSR count). The van der Waals surface area contributed by atoms with Crippen molar-refractivity contribution in [1.82, 2.24) is 58.5 Å². The predicted octanol–water partition coefficient (Wildman–Crippen LogP) is -0.598. The van der Waals surface area contributed by atoms with Crippen LogP contribution in [0.4, 0.5) is 0 Å². The topological polar surface area (TPSA) is 695 Å². The maximum Gasteiger partial charge on any atom is 0.326 e. The van der Waals surface area contributed by atoms with E-state index in [-0.39, 0.29) is 136 Å². The third-order valence-electron chi connectivity index (χ3n) is 20.3. The van der Waals surface area contributed by atoms with E-state index in [4.69, 9.17) is 22.9 Å². The molecule has 0 radical (unpaired) electrons. The molecule has 0 saturated heterocycles. The molecule has 0 heterocycles. The number of carbonyl (C=O) groups is 15. The molecule has 11 amide bonds. The van der Waals surface area contributed by atoms with E-state index in [2.05, 4.69) is 58.5 Å². The van der Waals surface area contributed by atoms with Gasteiger partial charge in [0.25, 0.3) is 0 Å². The first-order chi connectivity index (χ1) is 60.5. The smallest absolute Gasteiger partial charge is 0.326 e. The van der Waals surface area contributed by atoms with Crippen LogP contribution in [0, 0.1) is 0 Å². The van der Waals surface area contributed by atoms with Crippen molar-refractivity contribution in [3.8, 4) is 34.5 Å². The van der Waals surface area contributed by atoms with Crippen LogP contribution in [0.3, 0.4) is 0 Å². The summed E-state index contributed by atoms with van der Waals surface area (Å²) in [7, 11) is 0. The van der Waals surface area contributed by atoms with Gasteiger partial charge in [0.2, 0.25) is 65.0 Å². The Kier molecular flexibility index (Phi) is 42.2. The van der Waals surface area contributed by atoms with Gasteiger partial charge in [-0.25, -0.2) is 4.79 Å². The minimum absolute atomic E-state index is 0.0516. The molecule has 29 N–H and O–H groups in total. The summed E-state index contributed by atoms with van der Waals surface area (Å²) in [6.07, 6.45) is -5.22. The molecule has 127 heavy (non-hydrogen) atoms. The van der Waals surface area contributed by atoms with Crippen LogP contribution in [0.2, 0.25) is 0 Å². The second kappa shape index (κ2) is 52.6. The number of amides is 11. The molecule has 0 aliphatic carbocycles. The zero-order valence-corrected chi connectivity index (χ0v) is 69.7. The largest absolute Gasteiger partial charge is 0.508 e. The predicted molar refractivity (Wildman–Crippen MR) is 457 cm³/mol. The number of carboxylic acids is 4. The Bertz CT molecular complexity index is 4670. The molecule has 12 atom stereocenters. The molecule has 0 spiro atoms. The van der Waals surface area contributed by atoms with Gasteiger partial charge in [-0.05, 0) is 203 Å². The number of rotatable bonds is 56. The van der Waals surface area contributed by atoms with Gasteiger partial charge >= 0.3 is 23.9 Å². The van der Waals surface area contributed by atoms with E-state index in [0.29, 0.717) is 35.1 Å². The van der Waals surface area contributed by atoms with E-state index < -0.39 is 213 Å². The molecule has 0 unspecified atom stereocenters. The van der Waals surface area contributed by atoms with Crippen molar-refractivity contribution in [2.45, 2.75) is 207 Å². The molecule has 0 aliphatic heterocycles. The lowest BCUT2D eigenvalue weighted by atomic mass is 10.00. The molecular weight excluding hydrogens is 1660 g/mol. The Hall–Kier alpha value is -14.0. The minimum atomic E-state index is -1.89. The third kappa shape index (κ3) is 36.8. The van der Waals surface area contributed by atoms with Crippen molar-refractivity contribution in [1.29, 1.82) is 0 Å². The van der Waals surface area contributed by atoms with Crippen LogP contribution >= 0.6 is 0 Å². The van der Waals surface area contributed by atoms with Crippen LogP contribution in [0.25, 0.3) is 0 Å². The van der Waals surface area contributed by atoms with Gasteiger partial charge in [0.05, 0.1) is 6.04 Å². The molecule has 0 fully saturated rings. The van der Waals surface area contributed by atoms with Crippen molar-refractivity contribution < 1.29 is 123 Å². The first-order valence-corrected chi connectivity index (χ1v) is 41.3. The number of aliphatic carboxylic acids is 4. The van der Waals surface area contributed by atoms with Crippen molar-refractivity contribution in [3.63, 3.8) is 0 Å². The number of hydrogen-bond acceptors (Lipinski definition) is 25. The second-order valence-corrected chi connectivity index (χ2v) is 30.5. The zero-order chi connectivity index (χ0) is 93.2. The summed E-state index contributed by atoms with van der Waals surface area (Å²) in [6, 6.07) is 12.2. The molecule has 6 aromatic rings. The van der Waals surface area contributed by atoms with Crippen LogP contribution in [-0.2, 0) is 110 Å². The van der Waals surface area contributed by atoms with Crippen LogP contribution in [-0.4, -0.2) is 232 Å². The molecule has 686 valence electrons. The van der Waals surface area contributed by atoms with Gasteiger partial charge in [0, 0.05) is 57.8 Å². The van der Waals surface area contributed by atoms with Gasteiger partial charge in [0.15, 0.2) is 0 Å². The summed E-state index contributed by atoms with van der Waals surface area (Å²) in [6.45, 7) is 0.363. The van der Waals surface area contributed by atoms with Gasteiger partial charge in [0.1, 0.15) is 101 Å². The van der Waals surface area contributed by atoms with Gasteiger partial charge in [-0.15, -0.1) is 0 Å². The minimum Gasteiger partial charge on any atom is -0.508 e. The average Bonchev–Trinajstić information content (AvgIpc) is 0.843. The number of aromatic hydroxyl groups is 6. The summed E-state index contributed by atoms with van der Waals surface area (Å²) in [5.74, 6) is -18.6. The summed E-state index contributed by atoms with van der Waals surface area (Å²) >= 11 is 0.